The quantitative estimate of drug-likeness (QED) is 0.749. The maximum Gasteiger partial charge on any atom is 0.176 e. The van der Waals surface area contributed by atoms with Crippen LogP contribution in [0.4, 0.5) is 0 Å². The van der Waals surface area contributed by atoms with E-state index in [2.05, 4.69) is 52.9 Å². The predicted octanol–water partition coefficient (Wildman–Crippen LogP) is 4.38. The zero-order valence-corrected chi connectivity index (χ0v) is 14.3. The minimum atomic E-state index is 0.142. The summed E-state index contributed by atoms with van der Waals surface area (Å²) in [5, 5.41) is 0. The minimum absolute atomic E-state index is 0.142. The predicted molar refractivity (Wildman–Crippen MR) is 90.7 cm³/mol. The molecule has 0 N–H and O–H groups in total. The average molecular weight is 346 g/mol. The number of benzene rings is 2. The molecule has 0 radical (unpaired) electrons. The van der Waals surface area contributed by atoms with Gasteiger partial charge in [0.15, 0.2) is 5.78 Å². The highest BCUT2D eigenvalue weighted by molar-refractivity contribution is 9.10. The first kappa shape index (κ1) is 15.9. The van der Waals surface area contributed by atoms with E-state index in [1.54, 1.807) is 0 Å². The third-order valence-corrected chi connectivity index (χ3v) is 3.99. The maximum absolute atomic E-state index is 12.3. The Bertz CT molecular complexity index is 651. The van der Waals surface area contributed by atoms with Crippen LogP contribution in [0.25, 0.3) is 0 Å². The van der Waals surface area contributed by atoms with Crippen molar-refractivity contribution in [2.45, 2.75) is 20.4 Å². The number of carbonyl (C=O) groups is 1. The Labute approximate surface area is 134 Å². The van der Waals surface area contributed by atoms with Crippen molar-refractivity contribution in [1.82, 2.24) is 4.90 Å². The Morgan fingerprint density at radius 3 is 2.57 bits per heavy atom. The number of likely N-dealkylation sites (N-methyl/N-ethyl adjacent to an activating group) is 1. The molecule has 0 heterocycles. The molecule has 0 atom stereocenters. The van der Waals surface area contributed by atoms with E-state index in [1.807, 2.05) is 31.3 Å². The number of ketones is 1. The Morgan fingerprint density at radius 2 is 1.90 bits per heavy atom. The van der Waals surface area contributed by atoms with Gasteiger partial charge in [0, 0.05) is 16.6 Å². The van der Waals surface area contributed by atoms with Gasteiger partial charge in [0.2, 0.25) is 0 Å². The zero-order valence-electron chi connectivity index (χ0n) is 12.7. The Hall–Kier alpha value is -1.45. The van der Waals surface area contributed by atoms with E-state index in [9.17, 15) is 4.79 Å². The van der Waals surface area contributed by atoms with Gasteiger partial charge in [0.1, 0.15) is 0 Å². The van der Waals surface area contributed by atoms with Gasteiger partial charge >= 0.3 is 0 Å². The fourth-order valence-electron chi connectivity index (χ4n) is 2.37. The standard InChI is InChI=1S/C18H20BrNO/c1-13-7-8-16(14(2)9-13)11-20(3)12-18(21)15-5-4-6-17(19)10-15/h4-10H,11-12H2,1-3H3. The molecule has 0 saturated carbocycles. The fourth-order valence-corrected chi connectivity index (χ4v) is 2.77. The lowest BCUT2D eigenvalue weighted by molar-refractivity contribution is 0.0943. The van der Waals surface area contributed by atoms with Crippen LogP contribution < -0.4 is 0 Å². The number of nitrogens with zero attached hydrogens (tertiary/aromatic N) is 1. The summed E-state index contributed by atoms with van der Waals surface area (Å²) in [4.78, 5) is 14.3. The second-order valence-electron chi connectivity index (χ2n) is 5.54. The Balaban J connectivity index is 2.01. The van der Waals surface area contributed by atoms with Crippen LogP contribution in [-0.4, -0.2) is 24.3 Å². The average Bonchev–Trinajstić information content (AvgIpc) is 2.42. The van der Waals surface area contributed by atoms with Crippen LogP contribution in [0.5, 0.6) is 0 Å². The molecule has 2 nitrogen and oxygen atoms in total. The van der Waals surface area contributed by atoms with E-state index in [1.165, 1.54) is 16.7 Å². The molecule has 0 amide bonds. The molecule has 2 aromatic rings. The summed E-state index contributed by atoms with van der Waals surface area (Å²) < 4.78 is 0.936. The summed E-state index contributed by atoms with van der Waals surface area (Å²) in [7, 11) is 1.98. The molecule has 0 fully saturated rings. The smallest absolute Gasteiger partial charge is 0.176 e. The highest BCUT2D eigenvalue weighted by Gasteiger charge is 2.11. The second-order valence-corrected chi connectivity index (χ2v) is 6.45. The van der Waals surface area contributed by atoms with Crippen molar-refractivity contribution in [3.63, 3.8) is 0 Å². The molecule has 0 aromatic heterocycles. The SMILES string of the molecule is Cc1ccc(CN(C)CC(=O)c2cccc(Br)c2)c(C)c1. The van der Waals surface area contributed by atoms with Crippen LogP contribution in [0.1, 0.15) is 27.0 Å². The minimum Gasteiger partial charge on any atom is -0.295 e. The van der Waals surface area contributed by atoms with Crippen LogP contribution in [0.15, 0.2) is 46.9 Å². The lowest BCUT2D eigenvalue weighted by Gasteiger charge is -2.17. The second kappa shape index (κ2) is 7.01. The van der Waals surface area contributed by atoms with Gasteiger partial charge in [-0.2, -0.15) is 0 Å². The van der Waals surface area contributed by atoms with Gasteiger partial charge in [-0.05, 0) is 44.2 Å². The molecule has 2 aromatic carbocycles. The van der Waals surface area contributed by atoms with Crippen molar-refractivity contribution in [2.24, 2.45) is 0 Å². The van der Waals surface area contributed by atoms with Gasteiger partial charge in [0.25, 0.3) is 0 Å². The molecule has 3 heteroatoms. The van der Waals surface area contributed by atoms with Gasteiger partial charge in [-0.15, -0.1) is 0 Å². The van der Waals surface area contributed by atoms with Crippen LogP contribution in [0.2, 0.25) is 0 Å². The van der Waals surface area contributed by atoms with E-state index in [-0.39, 0.29) is 5.78 Å². The van der Waals surface area contributed by atoms with Crippen molar-refractivity contribution < 1.29 is 4.79 Å². The van der Waals surface area contributed by atoms with Crippen molar-refractivity contribution in [2.75, 3.05) is 13.6 Å². The van der Waals surface area contributed by atoms with Gasteiger partial charge in [-0.25, -0.2) is 0 Å². The van der Waals surface area contributed by atoms with E-state index in [4.69, 9.17) is 0 Å². The largest absolute Gasteiger partial charge is 0.295 e. The summed E-state index contributed by atoms with van der Waals surface area (Å²) in [6.07, 6.45) is 0. The number of aryl methyl sites for hydroxylation is 2. The Kier molecular flexibility index (Phi) is 5.32. The van der Waals surface area contributed by atoms with Crippen molar-refractivity contribution in [3.8, 4) is 0 Å². The van der Waals surface area contributed by atoms with Crippen LogP contribution >= 0.6 is 15.9 Å². The van der Waals surface area contributed by atoms with Crippen LogP contribution in [0, 0.1) is 13.8 Å². The molecule has 0 saturated heterocycles. The number of halogens is 1. The topological polar surface area (TPSA) is 20.3 Å². The maximum atomic E-state index is 12.3. The summed E-state index contributed by atoms with van der Waals surface area (Å²) in [6, 6.07) is 14.0. The molecular formula is C18H20BrNO. The first-order valence-corrected chi connectivity index (χ1v) is 7.78. The summed E-state index contributed by atoms with van der Waals surface area (Å²) >= 11 is 3.40. The molecule has 0 bridgehead atoms. The molecule has 110 valence electrons. The molecular weight excluding hydrogens is 326 g/mol. The molecule has 0 aliphatic rings. The van der Waals surface area contributed by atoms with E-state index in [0.29, 0.717) is 6.54 Å². The van der Waals surface area contributed by atoms with Gasteiger partial charge < -0.3 is 0 Å². The molecule has 0 spiro atoms. The van der Waals surface area contributed by atoms with Crippen molar-refractivity contribution in [1.29, 1.82) is 0 Å². The summed E-state index contributed by atoms with van der Waals surface area (Å²) in [5.41, 5.74) is 4.56. The molecule has 0 aliphatic heterocycles. The van der Waals surface area contributed by atoms with Crippen molar-refractivity contribution >= 4 is 21.7 Å². The first-order valence-electron chi connectivity index (χ1n) is 6.99. The third-order valence-electron chi connectivity index (χ3n) is 3.50. The van der Waals surface area contributed by atoms with E-state index in [0.717, 1.165) is 16.6 Å². The van der Waals surface area contributed by atoms with Gasteiger partial charge in [-0.3, -0.25) is 9.69 Å². The zero-order chi connectivity index (χ0) is 15.4. The van der Waals surface area contributed by atoms with E-state index < -0.39 is 0 Å². The number of rotatable bonds is 5. The highest BCUT2D eigenvalue weighted by atomic mass is 79.9. The summed E-state index contributed by atoms with van der Waals surface area (Å²) in [5.74, 6) is 0.142. The number of hydrogen-bond acceptors (Lipinski definition) is 2. The van der Waals surface area contributed by atoms with Gasteiger partial charge in [-0.1, -0.05) is 51.8 Å². The molecule has 0 aliphatic carbocycles. The first-order chi connectivity index (χ1) is 9.95. The number of carbonyl (C=O) groups excluding carboxylic acids is 1. The van der Waals surface area contributed by atoms with Crippen LogP contribution in [-0.2, 0) is 6.54 Å². The normalized spacial score (nSPS) is 10.9. The lowest BCUT2D eigenvalue weighted by atomic mass is 10.1. The lowest BCUT2D eigenvalue weighted by Crippen LogP contribution is -2.26. The molecule has 0 unspecified atom stereocenters. The molecule has 2 rings (SSSR count). The third kappa shape index (κ3) is 4.51. The van der Waals surface area contributed by atoms with Gasteiger partial charge in [0.05, 0.1) is 6.54 Å². The van der Waals surface area contributed by atoms with Crippen molar-refractivity contribution in [3.05, 3.63) is 69.2 Å². The van der Waals surface area contributed by atoms with Crippen LogP contribution in [0.3, 0.4) is 0 Å². The highest BCUT2D eigenvalue weighted by Crippen LogP contribution is 2.15. The monoisotopic (exact) mass is 345 g/mol. The summed E-state index contributed by atoms with van der Waals surface area (Å²) in [6.45, 7) is 5.42. The number of Topliss-reactive ketones (excluding diaryl/α,β-unsaturated/α-hetero) is 1. The Morgan fingerprint density at radius 1 is 1.14 bits per heavy atom. The number of hydrogen-bond donors (Lipinski definition) is 0. The molecule has 21 heavy (non-hydrogen) atoms. The van der Waals surface area contributed by atoms with E-state index >= 15 is 0 Å². The fraction of sp³-hybridized carbons (Fsp3) is 0.278.